The van der Waals surface area contributed by atoms with Crippen molar-refractivity contribution in [3.63, 3.8) is 0 Å². The van der Waals surface area contributed by atoms with Gasteiger partial charge < -0.3 is 0 Å². The summed E-state index contributed by atoms with van der Waals surface area (Å²) in [4.78, 5) is 12.9. The quantitative estimate of drug-likeness (QED) is 0.489. The highest BCUT2D eigenvalue weighted by Crippen LogP contribution is 2.34. The topological polar surface area (TPSA) is 41.5 Å². The van der Waals surface area contributed by atoms with Crippen molar-refractivity contribution in [1.82, 2.24) is 5.43 Å². The van der Waals surface area contributed by atoms with Gasteiger partial charge in [0.1, 0.15) is 0 Å². The summed E-state index contributed by atoms with van der Waals surface area (Å²) in [6.07, 6.45) is 1.64. The molecule has 1 heterocycles. The molecule has 0 spiro atoms. The fraction of sp³-hybridized carbons (Fsp3) is 0. The van der Waals surface area contributed by atoms with E-state index >= 15 is 0 Å². The van der Waals surface area contributed by atoms with Crippen molar-refractivity contribution in [1.29, 1.82) is 0 Å². The molecule has 0 aliphatic rings. The minimum absolute atomic E-state index is 0.295. The number of nitrogens with one attached hydrogen (secondary N) is 1. The van der Waals surface area contributed by atoms with Crippen LogP contribution in [0.25, 0.3) is 10.1 Å². The lowest BCUT2D eigenvalue weighted by Gasteiger charge is -1.99. The Balaban J connectivity index is 1.76. The van der Waals surface area contributed by atoms with Crippen molar-refractivity contribution >= 4 is 61.1 Å². The molecule has 1 amide bonds. The molecule has 110 valence electrons. The van der Waals surface area contributed by atoms with Crippen molar-refractivity contribution in [2.75, 3.05) is 0 Å². The fourth-order valence-electron chi connectivity index (χ4n) is 1.96. The number of nitrogens with zero attached hydrogens (tertiary/aromatic N) is 1. The molecule has 0 fully saturated rings. The minimum atomic E-state index is -0.295. The van der Waals surface area contributed by atoms with Crippen molar-refractivity contribution in [3.05, 3.63) is 68.5 Å². The van der Waals surface area contributed by atoms with Crippen molar-refractivity contribution in [3.8, 4) is 0 Å². The van der Waals surface area contributed by atoms with Gasteiger partial charge in [-0.25, -0.2) is 5.43 Å². The number of fused-ring (bicyclic) bond motifs is 1. The third kappa shape index (κ3) is 3.21. The Bertz CT molecular complexity index is 875. The molecule has 22 heavy (non-hydrogen) atoms. The number of hydrogen-bond acceptors (Lipinski definition) is 3. The van der Waals surface area contributed by atoms with Crippen LogP contribution in [0, 0.1) is 0 Å². The molecule has 3 aromatic rings. The van der Waals surface area contributed by atoms with Gasteiger partial charge in [-0.1, -0.05) is 35.9 Å². The molecule has 0 unspecified atom stereocenters. The predicted molar refractivity (Wildman–Crippen MR) is 96.0 cm³/mol. The van der Waals surface area contributed by atoms with E-state index in [0.29, 0.717) is 10.6 Å². The Morgan fingerprint density at radius 2 is 2.05 bits per heavy atom. The van der Waals surface area contributed by atoms with Crippen LogP contribution in [0.2, 0.25) is 5.02 Å². The van der Waals surface area contributed by atoms with Crippen LogP contribution in [0.3, 0.4) is 0 Å². The average molecular weight is 394 g/mol. The molecule has 0 aliphatic heterocycles. The molecule has 1 N–H and O–H groups in total. The van der Waals surface area contributed by atoms with E-state index < -0.39 is 0 Å². The largest absolute Gasteiger partial charge is 0.271 e. The summed E-state index contributed by atoms with van der Waals surface area (Å²) < 4.78 is 2.14. The number of benzene rings is 2. The lowest BCUT2D eigenvalue weighted by atomic mass is 10.2. The molecular formula is C16H10BrClN2OS. The monoisotopic (exact) mass is 392 g/mol. The first-order valence-corrected chi connectivity index (χ1v) is 8.40. The van der Waals surface area contributed by atoms with E-state index in [1.807, 2.05) is 24.3 Å². The van der Waals surface area contributed by atoms with Gasteiger partial charge in [-0.3, -0.25) is 4.79 Å². The van der Waals surface area contributed by atoms with Gasteiger partial charge in [0, 0.05) is 25.1 Å². The molecular weight excluding hydrogens is 384 g/mol. The maximum absolute atomic E-state index is 12.0. The summed E-state index contributed by atoms with van der Waals surface area (Å²) in [7, 11) is 0. The number of hydrogen-bond donors (Lipinski definition) is 1. The third-order valence-electron chi connectivity index (χ3n) is 2.99. The smallest absolute Gasteiger partial charge is 0.267 e. The van der Waals surface area contributed by atoms with Gasteiger partial charge in [-0.05, 0) is 40.2 Å². The highest BCUT2D eigenvalue weighted by atomic mass is 79.9. The number of thiophene rings is 1. The zero-order chi connectivity index (χ0) is 15.5. The lowest BCUT2D eigenvalue weighted by molar-refractivity contribution is 0.0955. The van der Waals surface area contributed by atoms with Crippen LogP contribution in [0.1, 0.15) is 15.2 Å². The van der Waals surface area contributed by atoms with E-state index in [4.69, 9.17) is 11.6 Å². The van der Waals surface area contributed by atoms with Crippen LogP contribution in [0.15, 0.2) is 58.1 Å². The SMILES string of the molecule is O=C(N/N=C/c1sc2ccccc2c1Br)c1cccc(Cl)c1. The van der Waals surface area contributed by atoms with E-state index in [0.717, 1.165) is 19.4 Å². The molecule has 0 aliphatic carbocycles. The van der Waals surface area contributed by atoms with Gasteiger partial charge in [0.2, 0.25) is 0 Å². The second-order valence-electron chi connectivity index (χ2n) is 4.49. The maximum atomic E-state index is 12.0. The van der Waals surface area contributed by atoms with Crippen molar-refractivity contribution in [2.24, 2.45) is 5.10 Å². The van der Waals surface area contributed by atoms with E-state index in [2.05, 4.69) is 26.5 Å². The normalized spacial score (nSPS) is 11.2. The molecule has 3 nitrogen and oxygen atoms in total. The summed E-state index contributed by atoms with van der Waals surface area (Å²) in [5.74, 6) is -0.295. The first kappa shape index (κ1) is 15.2. The Kier molecular flexibility index (Phi) is 4.57. The van der Waals surface area contributed by atoms with Gasteiger partial charge in [-0.2, -0.15) is 5.10 Å². The number of halogens is 2. The number of rotatable bonds is 3. The summed E-state index contributed by atoms with van der Waals surface area (Å²) >= 11 is 11.0. The molecule has 0 bridgehead atoms. The molecule has 1 aromatic heterocycles. The number of hydrazone groups is 1. The third-order valence-corrected chi connectivity index (χ3v) is 5.45. The highest BCUT2D eigenvalue weighted by Gasteiger charge is 2.08. The molecule has 0 saturated heterocycles. The Morgan fingerprint density at radius 1 is 1.23 bits per heavy atom. The second-order valence-corrected chi connectivity index (χ2v) is 6.80. The highest BCUT2D eigenvalue weighted by molar-refractivity contribution is 9.10. The van der Waals surface area contributed by atoms with Crippen LogP contribution in [0.5, 0.6) is 0 Å². The number of carbonyl (C=O) groups is 1. The van der Waals surface area contributed by atoms with Crippen LogP contribution in [-0.4, -0.2) is 12.1 Å². The zero-order valence-electron chi connectivity index (χ0n) is 11.2. The standard InChI is InChI=1S/C16H10BrClN2OS/c17-15-12-6-1-2-7-13(12)22-14(15)9-19-20-16(21)10-4-3-5-11(18)8-10/h1-9H,(H,20,21)/b19-9+. The van der Waals surface area contributed by atoms with E-state index in [1.54, 1.807) is 41.8 Å². The summed E-state index contributed by atoms with van der Waals surface area (Å²) in [5, 5.41) is 5.67. The Labute approximate surface area is 144 Å². The van der Waals surface area contributed by atoms with Gasteiger partial charge >= 0.3 is 0 Å². The van der Waals surface area contributed by atoms with Gasteiger partial charge in [-0.15, -0.1) is 11.3 Å². The molecule has 0 atom stereocenters. The minimum Gasteiger partial charge on any atom is -0.267 e. The Hall–Kier alpha value is -1.69. The van der Waals surface area contributed by atoms with E-state index in [1.165, 1.54) is 0 Å². The molecule has 3 rings (SSSR count). The van der Waals surface area contributed by atoms with Crippen LogP contribution in [0.4, 0.5) is 0 Å². The van der Waals surface area contributed by atoms with E-state index in [-0.39, 0.29) is 5.91 Å². The molecule has 0 saturated carbocycles. The van der Waals surface area contributed by atoms with Crippen LogP contribution < -0.4 is 5.43 Å². The first-order chi connectivity index (χ1) is 10.6. The van der Waals surface area contributed by atoms with E-state index in [9.17, 15) is 4.79 Å². The lowest BCUT2D eigenvalue weighted by Crippen LogP contribution is -2.17. The Morgan fingerprint density at radius 3 is 2.82 bits per heavy atom. The molecule has 0 radical (unpaired) electrons. The van der Waals surface area contributed by atoms with Crippen molar-refractivity contribution < 1.29 is 4.79 Å². The van der Waals surface area contributed by atoms with Crippen LogP contribution in [-0.2, 0) is 0 Å². The zero-order valence-corrected chi connectivity index (χ0v) is 14.4. The van der Waals surface area contributed by atoms with Gasteiger partial charge in [0.15, 0.2) is 0 Å². The predicted octanol–water partition coefficient (Wildman–Crippen LogP) is 5.08. The molecule has 2 aromatic carbocycles. The second kappa shape index (κ2) is 6.60. The average Bonchev–Trinajstić information content (AvgIpc) is 2.84. The molecule has 6 heteroatoms. The summed E-state index contributed by atoms with van der Waals surface area (Å²) in [5.41, 5.74) is 2.98. The van der Waals surface area contributed by atoms with Crippen molar-refractivity contribution in [2.45, 2.75) is 0 Å². The number of carbonyl (C=O) groups excluding carboxylic acids is 1. The first-order valence-electron chi connectivity index (χ1n) is 6.41. The summed E-state index contributed by atoms with van der Waals surface area (Å²) in [6, 6.07) is 14.8. The van der Waals surface area contributed by atoms with Gasteiger partial charge in [0.25, 0.3) is 5.91 Å². The number of amides is 1. The maximum Gasteiger partial charge on any atom is 0.271 e. The fourth-order valence-corrected chi connectivity index (χ4v) is 3.94. The summed E-state index contributed by atoms with van der Waals surface area (Å²) in [6.45, 7) is 0. The van der Waals surface area contributed by atoms with Crippen LogP contribution >= 0.6 is 38.9 Å². The van der Waals surface area contributed by atoms with Gasteiger partial charge in [0.05, 0.1) is 11.1 Å².